The van der Waals surface area contributed by atoms with Crippen LogP contribution in [-0.2, 0) is 11.3 Å². The summed E-state index contributed by atoms with van der Waals surface area (Å²) in [5.74, 6) is 0.795. The molecule has 140 valence electrons. The summed E-state index contributed by atoms with van der Waals surface area (Å²) < 4.78 is 1.35. The largest absolute Gasteiger partial charge is 0.340 e. The fourth-order valence-electron chi connectivity index (χ4n) is 3.62. The highest BCUT2D eigenvalue weighted by Crippen LogP contribution is 2.31. The zero-order valence-corrected chi connectivity index (χ0v) is 14.9. The van der Waals surface area contributed by atoms with Gasteiger partial charge in [0, 0.05) is 31.8 Å². The number of nitrogens with one attached hydrogen (secondary N) is 2. The number of likely N-dealkylation sites (tertiary alicyclic amines) is 1. The number of nitrogens with zero attached hydrogens (tertiary/aromatic N) is 3. The maximum absolute atomic E-state index is 12.8. The third-order valence-electron chi connectivity index (χ3n) is 5.01. The number of rotatable bonds is 4. The summed E-state index contributed by atoms with van der Waals surface area (Å²) in [6.07, 6.45) is 4.49. The van der Waals surface area contributed by atoms with E-state index in [9.17, 15) is 14.4 Å². The number of piperidine rings is 1. The fourth-order valence-corrected chi connectivity index (χ4v) is 3.62. The third kappa shape index (κ3) is 3.55. The Balaban J connectivity index is 1.52. The molecule has 1 aliphatic heterocycles. The molecule has 0 aliphatic carbocycles. The molecule has 1 fully saturated rings. The third-order valence-corrected chi connectivity index (χ3v) is 5.01. The standard InChI is InChI=1S/C19H21N5O3/c25-16-8-11-23(19(27)22-16)12-9-17(26)24-10-4-3-7-15(24)18-20-13-5-1-2-6-14(13)21-18/h1-2,5-6,8,11,15H,3-4,7,9-10,12H2,(H,20,21)(H,22,25,27). The summed E-state index contributed by atoms with van der Waals surface area (Å²) in [4.78, 5) is 47.8. The lowest BCUT2D eigenvalue weighted by Crippen LogP contribution is -2.40. The monoisotopic (exact) mass is 367 g/mol. The number of para-hydroxylation sites is 2. The van der Waals surface area contributed by atoms with Crippen molar-refractivity contribution in [1.29, 1.82) is 0 Å². The van der Waals surface area contributed by atoms with Crippen molar-refractivity contribution < 1.29 is 4.79 Å². The first kappa shape index (κ1) is 17.3. The molecule has 0 bridgehead atoms. The van der Waals surface area contributed by atoms with E-state index in [0.717, 1.165) is 36.1 Å². The van der Waals surface area contributed by atoms with E-state index in [2.05, 4.69) is 15.0 Å². The molecule has 2 N–H and O–H groups in total. The Labute approximate surface area is 154 Å². The summed E-state index contributed by atoms with van der Waals surface area (Å²) in [6.45, 7) is 0.916. The molecular formula is C19H21N5O3. The number of carbonyl (C=O) groups is 1. The zero-order valence-electron chi connectivity index (χ0n) is 14.9. The molecule has 1 aromatic carbocycles. The van der Waals surface area contributed by atoms with E-state index in [1.54, 1.807) is 0 Å². The smallest absolute Gasteiger partial charge is 0.328 e. The van der Waals surface area contributed by atoms with Gasteiger partial charge in [-0.1, -0.05) is 12.1 Å². The van der Waals surface area contributed by atoms with E-state index < -0.39 is 11.2 Å². The molecule has 8 nitrogen and oxygen atoms in total. The number of aromatic amines is 2. The Kier molecular flexibility index (Phi) is 4.62. The molecular weight excluding hydrogens is 346 g/mol. The molecule has 1 saturated heterocycles. The number of fused-ring (bicyclic) bond motifs is 1. The Morgan fingerprint density at radius 2 is 2.00 bits per heavy atom. The van der Waals surface area contributed by atoms with Crippen LogP contribution in [-0.4, -0.2) is 36.9 Å². The number of carbonyl (C=O) groups excluding carboxylic acids is 1. The molecule has 3 aromatic rings. The number of amides is 1. The van der Waals surface area contributed by atoms with Crippen molar-refractivity contribution in [3.63, 3.8) is 0 Å². The van der Waals surface area contributed by atoms with Gasteiger partial charge in [0.1, 0.15) is 5.82 Å². The molecule has 1 unspecified atom stereocenters. The van der Waals surface area contributed by atoms with Crippen molar-refractivity contribution in [1.82, 2.24) is 24.4 Å². The van der Waals surface area contributed by atoms with Crippen LogP contribution in [0.15, 0.2) is 46.1 Å². The quantitative estimate of drug-likeness (QED) is 0.730. The van der Waals surface area contributed by atoms with Crippen LogP contribution >= 0.6 is 0 Å². The number of H-pyrrole nitrogens is 2. The molecule has 0 radical (unpaired) electrons. The van der Waals surface area contributed by atoms with Crippen molar-refractivity contribution in [2.45, 2.75) is 38.3 Å². The Hall–Kier alpha value is -3.16. The number of benzene rings is 1. The highest BCUT2D eigenvalue weighted by molar-refractivity contribution is 5.77. The number of aromatic nitrogens is 4. The number of hydrogen-bond acceptors (Lipinski definition) is 4. The van der Waals surface area contributed by atoms with Crippen LogP contribution in [0.3, 0.4) is 0 Å². The predicted octanol–water partition coefficient (Wildman–Crippen LogP) is 1.56. The summed E-state index contributed by atoms with van der Waals surface area (Å²) >= 11 is 0. The molecule has 0 spiro atoms. The van der Waals surface area contributed by atoms with Gasteiger partial charge in [0.2, 0.25) is 5.91 Å². The number of aryl methyl sites for hydroxylation is 1. The van der Waals surface area contributed by atoms with Crippen LogP contribution in [0.1, 0.15) is 37.5 Å². The van der Waals surface area contributed by atoms with Gasteiger partial charge in [0.25, 0.3) is 5.56 Å². The molecule has 1 amide bonds. The van der Waals surface area contributed by atoms with Crippen molar-refractivity contribution >= 4 is 16.9 Å². The Morgan fingerprint density at radius 3 is 2.81 bits per heavy atom. The molecule has 1 atom stereocenters. The van der Waals surface area contributed by atoms with Crippen molar-refractivity contribution in [3.8, 4) is 0 Å². The van der Waals surface area contributed by atoms with Crippen LogP contribution < -0.4 is 11.2 Å². The first-order valence-electron chi connectivity index (χ1n) is 9.16. The molecule has 2 aromatic heterocycles. The average molecular weight is 367 g/mol. The minimum absolute atomic E-state index is 0.0155. The average Bonchev–Trinajstić information content (AvgIpc) is 3.11. The lowest BCUT2D eigenvalue weighted by molar-refractivity contribution is -0.135. The summed E-state index contributed by atoms with van der Waals surface area (Å²) in [5.41, 5.74) is 0.918. The fraction of sp³-hybridized carbons (Fsp3) is 0.368. The zero-order chi connectivity index (χ0) is 18.8. The van der Waals surface area contributed by atoms with Gasteiger partial charge >= 0.3 is 5.69 Å². The van der Waals surface area contributed by atoms with Gasteiger partial charge in [-0.25, -0.2) is 9.78 Å². The van der Waals surface area contributed by atoms with Crippen molar-refractivity contribution in [2.75, 3.05) is 6.54 Å². The van der Waals surface area contributed by atoms with E-state index >= 15 is 0 Å². The second kappa shape index (κ2) is 7.22. The van der Waals surface area contributed by atoms with Gasteiger partial charge in [-0.15, -0.1) is 0 Å². The van der Waals surface area contributed by atoms with Gasteiger partial charge in [0.05, 0.1) is 17.1 Å². The van der Waals surface area contributed by atoms with Crippen LogP contribution in [0.5, 0.6) is 0 Å². The lowest BCUT2D eigenvalue weighted by atomic mass is 10.0. The van der Waals surface area contributed by atoms with Crippen LogP contribution in [0.25, 0.3) is 11.0 Å². The highest BCUT2D eigenvalue weighted by atomic mass is 16.2. The second-order valence-corrected chi connectivity index (χ2v) is 6.79. The molecule has 4 rings (SSSR count). The topological polar surface area (TPSA) is 104 Å². The van der Waals surface area contributed by atoms with Crippen LogP contribution in [0.4, 0.5) is 0 Å². The highest BCUT2D eigenvalue weighted by Gasteiger charge is 2.29. The van der Waals surface area contributed by atoms with E-state index in [0.29, 0.717) is 6.54 Å². The first-order valence-corrected chi connectivity index (χ1v) is 9.16. The molecule has 1 aliphatic rings. The van der Waals surface area contributed by atoms with E-state index in [4.69, 9.17) is 0 Å². The lowest BCUT2D eigenvalue weighted by Gasteiger charge is -2.34. The van der Waals surface area contributed by atoms with Crippen LogP contribution in [0, 0.1) is 0 Å². The summed E-state index contributed by atoms with van der Waals surface area (Å²) in [6, 6.07) is 9.03. The number of hydrogen-bond donors (Lipinski definition) is 2. The molecule has 3 heterocycles. The Morgan fingerprint density at radius 1 is 1.15 bits per heavy atom. The van der Waals surface area contributed by atoms with E-state index in [-0.39, 0.29) is 24.9 Å². The maximum Gasteiger partial charge on any atom is 0.328 e. The molecule has 27 heavy (non-hydrogen) atoms. The maximum atomic E-state index is 12.8. The first-order chi connectivity index (χ1) is 13.1. The van der Waals surface area contributed by atoms with Gasteiger partial charge in [-0.3, -0.25) is 14.6 Å². The Bertz CT molecular complexity index is 1050. The minimum atomic E-state index is -0.497. The van der Waals surface area contributed by atoms with Crippen molar-refractivity contribution in [3.05, 3.63) is 63.2 Å². The van der Waals surface area contributed by atoms with E-state index in [1.165, 1.54) is 16.8 Å². The molecule has 0 saturated carbocycles. The normalized spacial score (nSPS) is 17.3. The van der Waals surface area contributed by atoms with Gasteiger partial charge < -0.3 is 14.5 Å². The van der Waals surface area contributed by atoms with Gasteiger partial charge in [0.15, 0.2) is 0 Å². The minimum Gasteiger partial charge on any atom is -0.340 e. The van der Waals surface area contributed by atoms with Gasteiger partial charge in [-0.05, 0) is 31.4 Å². The summed E-state index contributed by atoms with van der Waals surface area (Å²) in [5, 5.41) is 0. The van der Waals surface area contributed by atoms with Gasteiger partial charge in [-0.2, -0.15) is 0 Å². The SMILES string of the molecule is O=C(CCn1ccc(=O)[nH]c1=O)N1CCCCC1c1nc2ccccc2[nH]1. The van der Waals surface area contributed by atoms with Crippen molar-refractivity contribution in [2.24, 2.45) is 0 Å². The molecule has 8 heteroatoms. The van der Waals surface area contributed by atoms with E-state index in [1.807, 2.05) is 29.2 Å². The predicted molar refractivity (Wildman–Crippen MR) is 100 cm³/mol. The van der Waals surface area contributed by atoms with Crippen LogP contribution in [0.2, 0.25) is 0 Å². The number of imidazole rings is 1. The second-order valence-electron chi connectivity index (χ2n) is 6.79. The summed E-state index contributed by atoms with van der Waals surface area (Å²) in [7, 11) is 0.